The van der Waals surface area contributed by atoms with Crippen LogP contribution in [0.3, 0.4) is 0 Å². The number of aryl methyl sites for hydroxylation is 1. The maximum atomic E-state index is 4.42. The summed E-state index contributed by atoms with van der Waals surface area (Å²) in [4.78, 5) is 4.42. The second kappa shape index (κ2) is 5.80. The Bertz CT molecular complexity index is 478. The predicted molar refractivity (Wildman–Crippen MR) is 75.4 cm³/mol. The molecule has 0 bridgehead atoms. The molecule has 1 unspecified atom stereocenters. The van der Waals surface area contributed by atoms with Gasteiger partial charge in [-0.05, 0) is 46.9 Å². The zero-order valence-corrected chi connectivity index (χ0v) is 12.4. The summed E-state index contributed by atoms with van der Waals surface area (Å²) in [5.41, 5.74) is 1.31. The number of aromatic nitrogens is 2. The molecular formula is C12H16BrN3S. The first-order valence-corrected chi connectivity index (χ1v) is 7.33. The lowest BCUT2D eigenvalue weighted by Gasteiger charge is -2.15. The molecule has 1 atom stereocenters. The van der Waals surface area contributed by atoms with Crippen LogP contribution in [0.25, 0.3) is 0 Å². The van der Waals surface area contributed by atoms with E-state index in [1.807, 2.05) is 19.4 Å². The Morgan fingerprint density at radius 3 is 3.00 bits per heavy atom. The molecule has 0 spiro atoms. The Morgan fingerprint density at radius 2 is 2.41 bits per heavy atom. The lowest BCUT2D eigenvalue weighted by Crippen LogP contribution is -2.20. The molecule has 0 aliphatic rings. The van der Waals surface area contributed by atoms with Crippen molar-refractivity contribution in [1.82, 2.24) is 14.9 Å². The van der Waals surface area contributed by atoms with Gasteiger partial charge in [0.1, 0.15) is 5.82 Å². The van der Waals surface area contributed by atoms with Crippen molar-refractivity contribution in [3.05, 3.63) is 39.0 Å². The van der Waals surface area contributed by atoms with Crippen molar-refractivity contribution in [2.75, 3.05) is 7.05 Å². The van der Waals surface area contributed by atoms with E-state index in [0.29, 0.717) is 6.04 Å². The van der Waals surface area contributed by atoms with Crippen molar-refractivity contribution >= 4 is 27.3 Å². The average Bonchev–Trinajstić information content (AvgIpc) is 2.94. The molecule has 0 aliphatic heterocycles. The number of likely N-dealkylation sites (N-methyl/N-ethyl adjacent to an activating group) is 1. The standard InChI is InChI=1S/C12H16BrN3S/c1-3-16-5-4-15-12(16)7-10(14-2)9-6-11(13)17-8-9/h4-6,8,10,14H,3,7H2,1-2H3. The van der Waals surface area contributed by atoms with Crippen LogP contribution in [-0.4, -0.2) is 16.6 Å². The highest BCUT2D eigenvalue weighted by molar-refractivity contribution is 9.11. The molecule has 0 saturated carbocycles. The number of hydrogen-bond donors (Lipinski definition) is 1. The Kier molecular flexibility index (Phi) is 4.36. The van der Waals surface area contributed by atoms with Gasteiger partial charge in [-0.2, -0.15) is 0 Å². The quantitative estimate of drug-likeness (QED) is 0.918. The molecule has 5 heteroatoms. The minimum absolute atomic E-state index is 0.324. The molecule has 0 amide bonds. The highest BCUT2D eigenvalue weighted by Crippen LogP contribution is 2.26. The first kappa shape index (κ1) is 12.8. The van der Waals surface area contributed by atoms with E-state index < -0.39 is 0 Å². The van der Waals surface area contributed by atoms with E-state index in [0.717, 1.165) is 18.8 Å². The van der Waals surface area contributed by atoms with Crippen molar-refractivity contribution in [3.63, 3.8) is 0 Å². The molecule has 1 N–H and O–H groups in total. The number of nitrogens with zero attached hydrogens (tertiary/aromatic N) is 2. The summed E-state index contributed by atoms with van der Waals surface area (Å²) in [6, 6.07) is 2.50. The van der Waals surface area contributed by atoms with Crippen LogP contribution in [0.5, 0.6) is 0 Å². The molecule has 3 nitrogen and oxygen atoms in total. The zero-order valence-electron chi connectivity index (χ0n) is 9.98. The molecule has 92 valence electrons. The molecule has 2 rings (SSSR count). The van der Waals surface area contributed by atoms with Crippen molar-refractivity contribution in [2.24, 2.45) is 0 Å². The fraction of sp³-hybridized carbons (Fsp3) is 0.417. The third-order valence-corrected chi connectivity index (χ3v) is 4.39. The van der Waals surface area contributed by atoms with Gasteiger partial charge in [-0.25, -0.2) is 4.98 Å². The summed E-state index contributed by atoms with van der Waals surface area (Å²) < 4.78 is 3.36. The van der Waals surface area contributed by atoms with Gasteiger partial charge < -0.3 is 9.88 Å². The third kappa shape index (κ3) is 2.97. The lowest BCUT2D eigenvalue weighted by atomic mass is 10.1. The molecule has 2 aromatic rings. The first-order chi connectivity index (χ1) is 8.24. The number of nitrogens with one attached hydrogen (secondary N) is 1. The molecule has 0 aliphatic carbocycles. The maximum absolute atomic E-state index is 4.42. The summed E-state index contributed by atoms with van der Waals surface area (Å²) in [6.45, 7) is 3.11. The molecule has 0 saturated heterocycles. The molecule has 2 aromatic heterocycles. The summed E-state index contributed by atoms with van der Waals surface area (Å²) in [5, 5.41) is 5.54. The zero-order chi connectivity index (χ0) is 12.3. The normalized spacial score (nSPS) is 12.9. The minimum Gasteiger partial charge on any atom is -0.335 e. The van der Waals surface area contributed by atoms with E-state index in [2.05, 4.69) is 49.2 Å². The Morgan fingerprint density at radius 1 is 1.59 bits per heavy atom. The summed E-state index contributed by atoms with van der Waals surface area (Å²) in [6.07, 6.45) is 4.82. The van der Waals surface area contributed by atoms with Crippen LogP contribution in [0.1, 0.15) is 24.4 Å². The monoisotopic (exact) mass is 313 g/mol. The minimum atomic E-state index is 0.324. The van der Waals surface area contributed by atoms with E-state index in [4.69, 9.17) is 0 Å². The molecular weight excluding hydrogens is 298 g/mol. The highest BCUT2D eigenvalue weighted by atomic mass is 79.9. The van der Waals surface area contributed by atoms with Crippen molar-refractivity contribution < 1.29 is 0 Å². The Hall–Kier alpha value is -0.650. The number of thiophene rings is 1. The van der Waals surface area contributed by atoms with Crippen LogP contribution in [0.15, 0.2) is 27.6 Å². The number of rotatable bonds is 5. The van der Waals surface area contributed by atoms with Crippen molar-refractivity contribution in [1.29, 1.82) is 0 Å². The summed E-state index contributed by atoms with van der Waals surface area (Å²) >= 11 is 5.23. The van der Waals surface area contributed by atoms with E-state index >= 15 is 0 Å². The van der Waals surface area contributed by atoms with Crippen LogP contribution in [0.4, 0.5) is 0 Å². The van der Waals surface area contributed by atoms with Gasteiger partial charge in [0.2, 0.25) is 0 Å². The second-order valence-corrected chi connectivity index (χ2v) is 6.15. The number of imidazole rings is 1. The average molecular weight is 314 g/mol. The molecule has 0 aromatic carbocycles. The first-order valence-electron chi connectivity index (χ1n) is 5.65. The maximum Gasteiger partial charge on any atom is 0.110 e. The smallest absolute Gasteiger partial charge is 0.110 e. The van der Waals surface area contributed by atoms with Crippen LogP contribution >= 0.6 is 27.3 Å². The predicted octanol–water partition coefficient (Wildman–Crippen LogP) is 3.23. The van der Waals surface area contributed by atoms with Gasteiger partial charge in [-0.3, -0.25) is 0 Å². The van der Waals surface area contributed by atoms with E-state index in [1.165, 1.54) is 9.35 Å². The van der Waals surface area contributed by atoms with E-state index in [9.17, 15) is 0 Å². The fourth-order valence-corrected chi connectivity index (χ4v) is 3.12. The van der Waals surface area contributed by atoms with Crippen LogP contribution < -0.4 is 5.32 Å². The summed E-state index contributed by atoms with van der Waals surface area (Å²) in [5.74, 6) is 1.13. The van der Waals surface area contributed by atoms with Crippen LogP contribution in [-0.2, 0) is 13.0 Å². The van der Waals surface area contributed by atoms with Gasteiger partial charge in [0, 0.05) is 31.4 Å². The van der Waals surface area contributed by atoms with Crippen molar-refractivity contribution in [3.8, 4) is 0 Å². The van der Waals surface area contributed by atoms with Crippen LogP contribution in [0.2, 0.25) is 0 Å². The highest BCUT2D eigenvalue weighted by Gasteiger charge is 2.14. The number of hydrogen-bond acceptors (Lipinski definition) is 3. The van der Waals surface area contributed by atoms with E-state index in [1.54, 1.807) is 11.3 Å². The fourth-order valence-electron chi connectivity index (χ4n) is 1.89. The van der Waals surface area contributed by atoms with Crippen molar-refractivity contribution in [2.45, 2.75) is 25.9 Å². The molecule has 17 heavy (non-hydrogen) atoms. The van der Waals surface area contributed by atoms with Gasteiger partial charge in [0.05, 0.1) is 3.79 Å². The topological polar surface area (TPSA) is 29.9 Å². The summed E-state index contributed by atoms with van der Waals surface area (Å²) in [7, 11) is 2.00. The van der Waals surface area contributed by atoms with Gasteiger partial charge >= 0.3 is 0 Å². The largest absolute Gasteiger partial charge is 0.335 e. The van der Waals surface area contributed by atoms with Crippen LogP contribution in [0, 0.1) is 0 Å². The molecule has 0 radical (unpaired) electrons. The van der Waals surface area contributed by atoms with Gasteiger partial charge in [-0.1, -0.05) is 0 Å². The Labute approximate surface area is 114 Å². The SMILES string of the molecule is CCn1ccnc1CC(NC)c1csc(Br)c1. The Balaban J connectivity index is 2.15. The van der Waals surface area contributed by atoms with Gasteiger partial charge in [0.15, 0.2) is 0 Å². The molecule has 2 heterocycles. The lowest BCUT2D eigenvalue weighted by molar-refractivity contribution is 0.554. The van der Waals surface area contributed by atoms with E-state index in [-0.39, 0.29) is 0 Å². The van der Waals surface area contributed by atoms with Gasteiger partial charge in [-0.15, -0.1) is 11.3 Å². The molecule has 0 fully saturated rings. The second-order valence-electron chi connectivity index (χ2n) is 3.86. The third-order valence-electron chi connectivity index (χ3n) is 2.87. The number of halogens is 1. The van der Waals surface area contributed by atoms with Gasteiger partial charge in [0.25, 0.3) is 0 Å².